The fourth-order valence-electron chi connectivity index (χ4n) is 6.95. The second kappa shape index (κ2) is 30.1. The number of amides is 2. The van der Waals surface area contributed by atoms with E-state index in [0.717, 1.165) is 68.8 Å². The van der Waals surface area contributed by atoms with Crippen molar-refractivity contribution < 1.29 is 28.7 Å². The van der Waals surface area contributed by atoms with Crippen LogP contribution in [-0.4, -0.2) is 78.7 Å². The Morgan fingerprint density at radius 2 is 1.13 bits per heavy atom. The lowest BCUT2D eigenvalue weighted by atomic mass is 9.84. The summed E-state index contributed by atoms with van der Waals surface area (Å²) in [5.41, 5.74) is 4.54. The summed E-state index contributed by atoms with van der Waals surface area (Å²) in [4.78, 5) is 41.3. The van der Waals surface area contributed by atoms with Crippen LogP contribution in [-0.2, 0) is 9.59 Å². The van der Waals surface area contributed by atoms with Crippen molar-refractivity contribution in [3.05, 3.63) is 29.8 Å². The molecule has 0 saturated heterocycles. The first-order valence-corrected chi connectivity index (χ1v) is 20.8. The van der Waals surface area contributed by atoms with Gasteiger partial charge in [0.25, 0.3) is 5.91 Å². The van der Waals surface area contributed by atoms with Crippen molar-refractivity contribution >= 4 is 30.2 Å². The van der Waals surface area contributed by atoms with E-state index in [9.17, 15) is 19.5 Å². The third-order valence-electron chi connectivity index (χ3n) is 10.2. The van der Waals surface area contributed by atoms with Crippen LogP contribution >= 0.6 is 12.4 Å². The zero-order chi connectivity index (χ0) is 37.8. The van der Waals surface area contributed by atoms with Crippen LogP contribution in [0.5, 0.6) is 5.75 Å². The molecule has 3 N–H and O–H groups in total. The standard InChI is InChI=1S/C43H77N3O5.ClH/c1-6-8-10-12-14-16-18-20-22-24-33-43(42(49)50,34-32-40(44)47)45(35-25-23-21-19-17-15-13-11-9-7-2)41(48)38-28-30-39(31-29-38)51-37-27-26-36-46(3,4)5;/h28-31H,6-27,32-37H2,1-5H3,(H2-,44,47,49,50);1H/p+1/t43-;/m0./s1. The number of unbranched alkanes of at least 4 members (excludes halogenated alkanes) is 19. The Balaban J connectivity index is 0.0000260. The van der Waals surface area contributed by atoms with E-state index in [2.05, 4.69) is 35.0 Å². The van der Waals surface area contributed by atoms with Crippen molar-refractivity contribution in [2.75, 3.05) is 40.8 Å². The molecule has 2 amide bonds. The van der Waals surface area contributed by atoms with Gasteiger partial charge < -0.3 is 25.0 Å². The molecule has 0 fully saturated rings. The van der Waals surface area contributed by atoms with Crippen molar-refractivity contribution in [1.29, 1.82) is 0 Å². The predicted octanol–water partition coefficient (Wildman–Crippen LogP) is 10.7. The largest absolute Gasteiger partial charge is 0.494 e. The molecule has 0 bridgehead atoms. The second-order valence-electron chi connectivity index (χ2n) is 16.0. The molecule has 1 rings (SSSR count). The van der Waals surface area contributed by atoms with Gasteiger partial charge in [-0.3, -0.25) is 9.59 Å². The molecule has 0 radical (unpaired) electrons. The molecule has 1 aromatic carbocycles. The molecule has 0 aromatic heterocycles. The van der Waals surface area contributed by atoms with E-state index in [0.29, 0.717) is 37.3 Å². The highest BCUT2D eigenvalue weighted by Crippen LogP contribution is 2.32. The molecule has 1 atom stereocenters. The number of halogens is 1. The minimum absolute atomic E-state index is 0. The molecule has 0 heterocycles. The number of nitrogens with zero attached hydrogens (tertiary/aromatic N) is 2. The average Bonchev–Trinajstić information content (AvgIpc) is 3.09. The van der Waals surface area contributed by atoms with Gasteiger partial charge in [0, 0.05) is 18.5 Å². The predicted molar refractivity (Wildman–Crippen MR) is 219 cm³/mol. The van der Waals surface area contributed by atoms with E-state index in [1.54, 1.807) is 29.2 Å². The molecule has 8 nitrogen and oxygen atoms in total. The first-order valence-electron chi connectivity index (χ1n) is 20.8. The lowest BCUT2D eigenvalue weighted by molar-refractivity contribution is -0.870. The zero-order valence-corrected chi connectivity index (χ0v) is 34.9. The number of ether oxygens (including phenoxy) is 1. The molecule has 0 aliphatic heterocycles. The Kier molecular flexibility index (Phi) is 28.7. The van der Waals surface area contributed by atoms with Gasteiger partial charge >= 0.3 is 5.97 Å². The first kappa shape index (κ1) is 49.7. The fourth-order valence-corrected chi connectivity index (χ4v) is 6.95. The highest BCUT2D eigenvalue weighted by Gasteiger charge is 2.46. The lowest BCUT2D eigenvalue weighted by Gasteiger charge is -2.41. The quantitative estimate of drug-likeness (QED) is 0.0538. The molecule has 52 heavy (non-hydrogen) atoms. The number of nitrogens with two attached hydrogens (primary N) is 1. The minimum Gasteiger partial charge on any atom is -0.494 e. The maximum atomic E-state index is 14.3. The van der Waals surface area contributed by atoms with Gasteiger partial charge in [0.1, 0.15) is 11.3 Å². The number of rotatable bonds is 34. The van der Waals surface area contributed by atoms with Gasteiger partial charge in [-0.15, -0.1) is 12.4 Å². The Hall–Kier alpha value is -2.32. The topological polar surface area (TPSA) is 110 Å². The average molecular weight is 754 g/mol. The van der Waals surface area contributed by atoms with Crippen LogP contribution in [0.15, 0.2) is 24.3 Å². The highest BCUT2D eigenvalue weighted by molar-refractivity contribution is 5.98. The molecule has 1 aromatic rings. The Morgan fingerprint density at radius 3 is 1.58 bits per heavy atom. The number of benzene rings is 1. The summed E-state index contributed by atoms with van der Waals surface area (Å²) in [7, 11) is 6.54. The van der Waals surface area contributed by atoms with Crippen molar-refractivity contribution in [1.82, 2.24) is 4.90 Å². The van der Waals surface area contributed by atoms with E-state index in [1.807, 2.05) is 0 Å². The molecule has 0 spiro atoms. The monoisotopic (exact) mass is 753 g/mol. The number of carboxylic acid groups (broad SMARTS) is 1. The van der Waals surface area contributed by atoms with Gasteiger partial charge in [-0.1, -0.05) is 136 Å². The number of aliphatic carboxylic acids is 1. The summed E-state index contributed by atoms with van der Waals surface area (Å²) in [6, 6.07) is 7.10. The maximum Gasteiger partial charge on any atom is 0.329 e. The molecular formula is C43H79ClN3O5+. The summed E-state index contributed by atoms with van der Waals surface area (Å²) in [5, 5.41) is 10.9. The normalized spacial score (nSPS) is 12.6. The summed E-state index contributed by atoms with van der Waals surface area (Å²) < 4.78 is 6.89. The number of hydrogen-bond acceptors (Lipinski definition) is 4. The number of hydrogen-bond donors (Lipinski definition) is 2. The Bertz CT molecular complexity index is 1060. The van der Waals surface area contributed by atoms with Gasteiger partial charge in [-0.2, -0.15) is 0 Å². The molecule has 9 heteroatoms. The van der Waals surface area contributed by atoms with Crippen molar-refractivity contribution in [3.63, 3.8) is 0 Å². The maximum absolute atomic E-state index is 14.3. The van der Waals surface area contributed by atoms with E-state index >= 15 is 0 Å². The molecule has 0 aliphatic rings. The van der Waals surface area contributed by atoms with E-state index in [1.165, 1.54) is 77.0 Å². The van der Waals surface area contributed by atoms with E-state index in [4.69, 9.17) is 10.5 Å². The second-order valence-corrected chi connectivity index (χ2v) is 16.0. The summed E-state index contributed by atoms with van der Waals surface area (Å²) in [6.07, 6.45) is 25.1. The fraction of sp³-hybridized carbons (Fsp3) is 0.791. The van der Waals surface area contributed by atoms with Crippen molar-refractivity contribution in [2.45, 2.75) is 180 Å². The van der Waals surface area contributed by atoms with Crippen molar-refractivity contribution in [3.8, 4) is 5.75 Å². The minimum atomic E-state index is -1.49. The van der Waals surface area contributed by atoms with Crippen LogP contribution in [0, 0.1) is 0 Å². The summed E-state index contributed by atoms with van der Waals surface area (Å²) >= 11 is 0. The summed E-state index contributed by atoms with van der Waals surface area (Å²) in [5.74, 6) is -1.20. The Morgan fingerprint density at radius 1 is 0.673 bits per heavy atom. The summed E-state index contributed by atoms with van der Waals surface area (Å²) in [6.45, 7) is 6.48. The first-order chi connectivity index (χ1) is 24.5. The van der Waals surface area contributed by atoms with E-state index < -0.39 is 17.4 Å². The van der Waals surface area contributed by atoms with Gasteiger partial charge in [0.2, 0.25) is 5.91 Å². The Labute approximate surface area is 325 Å². The molecule has 0 saturated carbocycles. The SMILES string of the molecule is CCCCCCCCCCCCN(C(=O)c1ccc(OCCCC[N+](C)(C)C)cc1)[C@@](CCCCCCCCCCCC)(CCC(N)=O)C(=O)O.Cl. The van der Waals surface area contributed by atoms with Crippen LogP contribution in [0.3, 0.4) is 0 Å². The zero-order valence-electron chi connectivity index (χ0n) is 34.1. The number of carboxylic acids is 1. The smallest absolute Gasteiger partial charge is 0.329 e. The molecule has 0 unspecified atom stereocenters. The van der Waals surface area contributed by atoms with Crippen LogP contribution in [0.4, 0.5) is 0 Å². The highest BCUT2D eigenvalue weighted by atomic mass is 35.5. The van der Waals surface area contributed by atoms with Gasteiger partial charge in [-0.25, -0.2) is 4.79 Å². The van der Waals surface area contributed by atoms with Gasteiger partial charge in [0.15, 0.2) is 0 Å². The number of quaternary nitrogens is 1. The van der Waals surface area contributed by atoms with E-state index in [-0.39, 0.29) is 31.2 Å². The van der Waals surface area contributed by atoms with Crippen LogP contribution in [0.2, 0.25) is 0 Å². The molecule has 302 valence electrons. The van der Waals surface area contributed by atoms with Gasteiger partial charge in [-0.05, 0) is 56.4 Å². The third-order valence-corrected chi connectivity index (χ3v) is 10.2. The molecule has 0 aliphatic carbocycles. The van der Waals surface area contributed by atoms with Gasteiger partial charge in [0.05, 0.1) is 34.3 Å². The van der Waals surface area contributed by atoms with Crippen molar-refractivity contribution in [2.24, 2.45) is 5.73 Å². The lowest BCUT2D eigenvalue weighted by Crippen LogP contribution is -2.58. The number of carbonyl (C=O) groups excluding carboxylic acids is 2. The van der Waals surface area contributed by atoms with Crippen LogP contribution in [0.1, 0.15) is 185 Å². The van der Waals surface area contributed by atoms with Crippen LogP contribution in [0.25, 0.3) is 0 Å². The number of primary amides is 1. The van der Waals surface area contributed by atoms with Crippen LogP contribution < -0.4 is 10.5 Å². The third kappa shape index (κ3) is 22.7. The molecular weight excluding hydrogens is 674 g/mol. The number of carbonyl (C=O) groups is 3.